The molecule has 0 aliphatic rings. The van der Waals surface area contributed by atoms with E-state index in [2.05, 4.69) is 72.2 Å². The van der Waals surface area contributed by atoms with Gasteiger partial charge in [-0.2, -0.15) is 0 Å². The molecule has 2 rings (SSSR count). The molecule has 0 bridgehead atoms. The number of halogens is 3. The number of methoxy groups -OCH3 is 1. The van der Waals surface area contributed by atoms with E-state index in [0.717, 1.165) is 25.0 Å². The van der Waals surface area contributed by atoms with Crippen LogP contribution in [0.25, 0.3) is 0 Å². The van der Waals surface area contributed by atoms with Crippen LogP contribution < -0.4 is 10.1 Å². The zero-order valence-electron chi connectivity index (χ0n) is 11.0. The Morgan fingerprint density at radius 1 is 1.20 bits per heavy atom. The van der Waals surface area contributed by atoms with Gasteiger partial charge in [-0.25, -0.2) is 0 Å². The van der Waals surface area contributed by atoms with Crippen molar-refractivity contribution in [2.75, 3.05) is 13.7 Å². The van der Waals surface area contributed by atoms with Crippen molar-refractivity contribution < 1.29 is 4.74 Å². The van der Waals surface area contributed by atoms with Crippen LogP contribution in [0.3, 0.4) is 0 Å². The standard InChI is InChI=1S/C14H14Br3NOS/c1-3-18-13(12-7-11(16)14(17)20-12)9-5-4-8(19-2)6-10(9)15/h4-7,13,18H,3H2,1-2H3. The largest absolute Gasteiger partial charge is 0.497 e. The van der Waals surface area contributed by atoms with Crippen molar-refractivity contribution in [1.29, 1.82) is 0 Å². The molecule has 2 aromatic rings. The first-order valence-electron chi connectivity index (χ1n) is 6.08. The fraction of sp³-hybridized carbons (Fsp3) is 0.286. The SMILES string of the molecule is CCNC(c1cc(Br)c(Br)s1)c1ccc(OC)cc1Br. The molecule has 1 N–H and O–H groups in total. The molecule has 108 valence electrons. The summed E-state index contributed by atoms with van der Waals surface area (Å²) < 4.78 is 8.50. The maximum Gasteiger partial charge on any atom is 0.120 e. The Balaban J connectivity index is 2.42. The van der Waals surface area contributed by atoms with Crippen LogP contribution in [0.2, 0.25) is 0 Å². The summed E-state index contributed by atoms with van der Waals surface area (Å²) in [5, 5.41) is 3.53. The average molecular weight is 484 g/mol. The summed E-state index contributed by atoms with van der Waals surface area (Å²) in [6.07, 6.45) is 0. The molecule has 0 spiro atoms. The van der Waals surface area contributed by atoms with Gasteiger partial charge in [0.1, 0.15) is 5.75 Å². The molecule has 0 aliphatic heterocycles. The molecule has 1 aromatic carbocycles. The molecule has 0 radical (unpaired) electrons. The maximum absolute atomic E-state index is 5.26. The van der Waals surface area contributed by atoms with E-state index >= 15 is 0 Å². The molecular weight excluding hydrogens is 470 g/mol. The van der Waals surface area contributed by atoms with Gasteiger partial charge in [0.15, 0.2) is 0 Å². The number of thiophene rings is 1. The second kappa shape index (κ2) is 7.40. The Morgan fingerprint density at radius 3 is 2.45 bits per heavy atom. The highest BCUT2D eigenvalue weighted by molar-refractivity contribution is 9.13. The molecule has 20 heavy (non-hydrogen) atoms. The van der Waals surface area contributed by atoms with Gasteiger partial charge in [0.2, 0.25) is 0 Å². The lowest BCUT2D eigenvalue weighted by molar-refractivity contribution is 0.414. The molecule has 1 aromatic heterocycles. The van der Waals surface area contributed by atoms with Crippen LogP contribution in [-0.4, -0.2) is 13.7 Å². The van der Waals surface area contributed by atoms with Crippen LogP contribution >= 0.6 is 59.1 Å². The van der Waals surface area contributed by atoms with E-state index in [0.29, 0.717) is 0 Å². The van der Waals surface area contributed by atoms with Crippen molar-refractivity contribution in [3.05, 3.63) is 47.4 Å². The van der Waals surface area contributed by atoms with Crippen molar-refractivity contribution in [1.82, 2.24) is 5.32 Å². The smallest absolute Gasteiger partial charge is 0.120 e. The second-order valence-electron chi connectivity index (χ2n) is 4.15. The molecule has 1 heterocycles. The lowest BCUT2D eigenvalue weighted by Crippen LogP contribution is -2.21. The van der Waals surface area contributed by atoms with Gasteiger partial charge < -0.3 is 10.1 Å². The van der Waals surface area contributed by atoms with Crippen LogP contribution in [0.4, 0.5) is 0 Å². The van der Waals surface area contributed by atoms with Gasteiger partial charge in [0.25, 0.3) is 0 Å². The highest BCUT2D eigenvalue weighted by Crippen LogP contribution is 2.39. The minimum absolute atomic E-state index is 0.160. The number of ether oxygens (including phenoxy) is 1. The summed E-state index contributed by atoms with van der Waals surface area (Å²) in [5.41, 5.74) is 1.20. The fourth-order valence-corrected chi connectivity index (χ4v) is 4.71. The first kappa shape index (κ1) is 16.5. The minimum atomic E-state index is 0.160. The van der Waals surface area contributed by atoms with E-state index in [1.807, 2.05) is 12.1 Å². The highest BCUT2D eigenvalue weighted by Gasteiger charge is 2.19. The summed E-state index contributed by atoms with van der Waals surface area (Å²) in [4.78, 5) is 1.26. The Labute approximate surface area is 148 Å². The summed E-state index contributed by atoms with van der Waals surface area (Å²) in [6.45, 7) is 3.01. The third-order valence-corrected chi connectivity index (χ3v) is 6.88. The molecule has 0 amide bonds. The van der Waals surface area contributed by atoms with Crippen LogP contribution in [0, 0.1) is 0 Å². The minimum Gasteiger partial charge on any atom is -0.497 e. The van der Waals surface area contributed by atoms with E-state index in [-0.39, 0.29) is 6.04 Å². The first-order chi connectivity index (χ1) is 9.56. The van der Waals surface area contributed by atoms with E-state index in [1.165, 1.54) is 10.4 Å². The molecule has 0 saturated heterocycles. The third kappa shape index (κ3) is 3.65. The van der Waals surface area contributed by atoms with Crippen LogP contribution in [0.1, 0.15) is 23.4 Å². The average Bonchev–Trinajstić information content (AvgIpc) is 2.76. The topological polar surface area (TPSA) is 21.3 Å². The first-order valence-corrected chi connectivity index (χ1v) is 9.28. The Hall–Kier alpha value is 0.120. The van der Waals surface area contributed by atoms with Gasteiger partial charge >= 0.3 is 0 Å². The summed E-state index contributed by atoms with van der Waals surface area (Å²) in [7, 11) is 1.68. The molecule has 2 nitrogen and oxygen atoms in total. The normalized spacial score (nSPS) is 12.4. The predicted octanol–water partition coefficient (Wildman–Crippen LogP) is 5.74. The molecule has 0 aliphatic carbocycles. The second-order valence-corrected chi connectivity index (χ2v) is 8.26. The molecule has 6 heteroatoms. The zero-order chi connectivity index (χ0) is 14.7. The molecule has 1 atom stereocenters. The summed E-state index contributed by atoms with van der Waals surface area (Å²) in [6, 6.07) is 8.39. The monoisotopic (exact) mass is 481 g/mol. The number of rotatable bonds is 5. The maximum atomic E-state index is 5.26. The van der Waals surface area contributed by atoms with Crippen LogP contribution in [-0.2, 0) is 0 Å². The molecular formula is C14H14Br3NOS. The van der Waals surface area contributed by atoms with E-state index in [4.69, 9.17) is 4.74 Å². The Bertz CT molecular complexity index is 581. The van der Waals surface area contributed by atoms with Crippen LogP contribution in [0.15, 0.2) is 37.0 Å². The number of benzene rings is 1. The van der Waals surface area contributed by atoms with Crippen LogP contribution in [0.5, 0.6) is 5.75 Å². The van der Waals surface area contributed by atoms with Gasteiger partial charge in [0.05, 0.1) is 16.9 Å². The summed E-state index contributed by atoms with van der Waals surface area (Å²) in [5.74, 6) is 0.851. The molecule has 0 fully saturated rings. The van der Waals surface area contributed by atoms with Gasteiger partial charge in [-0.15, -0.1) is 11.3 Å². The van der Waals surface area contributed by atoms with Gasteiger partial charge in [-0.1, -0.05) is 28.9 Å². The van der Waals surface area contributed by atoms with E-state index in [9.17, 15) is 0 Å². The van der Waals surface area contributed by atoms with E-state index in [1.54, 1.807) is 18.4 Å². The molecule has 0 saturated carbocycles. The van der Waals surface area contributed by atoms with Crippen molar-refractivity contribution in [2.45, 2.75) is 13.0 Å². The molecule has 1 unspecified atom stereocenters. The lowest BCUT2D eigenvalue weighted by Gasteiger charge is -2.19. The quantitative estimate of drug-likeness (QED) is 0.585. The number of hydrogen-bond acceptors (Lipinski definition) is 3. The number of nitrogens with one attached hydrogen (secondary N) is 1. The summed E-state index contributed by atoms with van der Waals surface area (Å²) >= 11 is 12.5. The van der Waals surface area contributed by atoms with Gasteiger partial charge in [0, 0.05) is 13.8 Å². The van der Waals surface area contributed by atoms with Crippen molar-refractivity contribution in [3.63, 3.8) is 0 Å². The van der Waals surface area contributed by atoms with Crippen molar-refractivity contribution in [3.8, 4) is 5.75 Å². The lowest BCUT2D eigenvalue weighted by atomic mass is 10.1. The van der Waals surface area contributed by atoms with Gasteiger partial charge in [-0.3, -0.25) is 0 Å². The number of hydrogen-bond donors (Lipinski definition) is 1. The van der Waals surface area contributed by atoms with Crippen molar-refractivity contribution >= 4 is 59.1 Å². The third-order valence-electron chi connectivity index (χ3n) is 2.88. The fourth-order valence-electron chi connectivity index (χ4n) is 1.94. The Kier molecular flexibility index (Phi) is 6.10. The Morgan fingerprint density at radius 2 is 1.95 bits per heavy atom. The van der Waals surface area contributed by atoms with E-state index < -0.39 is 0 Å². The van der Waals surface area contributed by atoms with Crippen molar-refractivity contribution in [2.24, 2.45) is 0 Å². The van der Waals surface area contributed by atoms with Gasteiger partial charge in [-0.05, 0) is 62.2 Å². The predicted molar refractivity (Wildman–Crippen MR) is 95.9 cm³/mol. The zero-order valence-corrected chi connectivity index (χ0v) is 16.6. The highest BCUT2D eigenvalue weighted by atomic mass is 79.9.